The van der Waals surface area contributed by atoms with E-state index in [2.05, 4.69) is 15.3 Å². The van der Waals surface area contributed by atoms with Gasteiger partial charge in [-0.25, -0.2) is 19.2 Å². The Hall–Kier alpha value is -2.52. The van der Waals surface area contributed by atoms with E-state index in [9.17, 15) is 14.0 Å². The number of thiophene rings is 1. The van der Waals surface area contributed by atoms with E-state index in [1.165, 1.54) is 41.6 Å². The highest BCUT2D eigenvalue weighted by Gasteiger charge is 2.20. The summed E-state index contributed by atoms with van der Waals surface area (Å²) in [5.41, 5.74) is 6.67. The van der Waals surface area contributed by atoms with Gasteiger partial charge in [0.15, 0.2) is 0 Å². The number of carbonyl (C=O) groups excluding carboxylic acids is 2. The van der Waals surface area contributed by atoms with Crippen LogP contribution in [0.25, 0.3) is 21.3 Å². The van der Waals surface area contributed by atoms with Gasteiger partial charge in [-0.15, -0.1) is 11.3 Å². The number of nitrogens with one attached hydrogen (secondary N) is 1. The fourth-order valence-corrected chi connectivity index (χ4v) is 4.14. The van der Waals surface area contributed by atoms with E-state index < -0.39 is 17.2 Å². The minimum atomic E-state index is -0.896. The number of halogens is 1. The lowest BCUT2D eigenvalue weighted by molar-refractivity contribution is -0.119. The predicted molar refractivity (Wildman–Crippen MR) is 95.9 cm³/mol. The molecule has 3 rings (SSSR count). The average molecular weight is 376 g/mol. The third-order valence-electron chi connectivity index (χ3n) is 3.39. The van der Waals surface area contributed by atoms with Crippen LogP contribution in [-0.4, -0.2) is 27.2 Å². The van der Waals surface area contributed by atoms with Crippen molar-refractivity contribution < 1.29 is 14.0 Å². The van der Waals surface area contributed by atoms with Gasteiger partial charge >= 0.3 is 6.03 Å². The molecule has 2 aromatic heterocycles. The summed E-state index contributed by atoms with van der Waals surface area (Å²) in [5.74, 6) is -0.811. The number of imide groups is 1. The molecule has 3 aromatic rings. The summed E-state index contributed by atoms with van der Waals surface area (Å²) in [7, 11) is 0. The molecule has 0 saturated carbocycles. The van der Waals surface area contributed by atoms with E-state index in [0.717, 1.165) is 21.3 Å². The molecule has 1 aromatic carbocycles. The van der Waals surface area contributed by atoms with Crippen molar-refractivity contribution in [2.24, 2.45) is 5.73 Å². The van der Waals surface area contributed by atoms with E-state index in [4.69, 9.17) is 5.73 Å². The number of thioether (sulfide) groups is 1. The van der Waals surface area contributed by atoms with Crippen molar-refractivity contribution in [3.63, 3.8) is 0 Å². The van der Waals surface area contributed by atoms with Crippen LogP contribution in [-0.2, 0) is 4.79 Å². The van der Waals surface area contributed by atoms with Crippen LogP contribution in [0, 0.1) is 5.82 Å². The number of benzene rings is 1. The first-order chi connectivity index (χ1) is 12.0. The number of nitrogens with zero attached hydrogens (tertiary/aromatic N) is 2. The lowest BCUT2D eigenvalue weighted by atomic mass is 10.1. The van der Waals surface area contributed by atoms with E-state index in [1.807, 2.05) is 5.38 Å². The molecule has 128 valence electrons. The molecule has 6 nitrogen and oxygen atoms in total. The number of aromatic nitrogens is 2. The summed E-state index contributed by atoms with van der Waals surface area (Å²) < 4.78 is 13.2. The van der Waals surface area contributed by atoms with Gasteiger partial charge in [-0.1, -0.05) is 23.9 Å². The highest BCUT2D eigenvalue weighted by molar-refractivity contribution is 8.00. The van der Waals surface area contributed by atoms with E-state index in [0.29, 0.717) is 5.03 Å². The number of amides is 3. The van der Waals surface area contributed by atoms with E-state index >= 15 is 0 Å². The monoisotopic (exact) mass is 376 g/mol. The highest BCUT2D eigenvalue weighted by atomic mass is 32.2. The maximum Gasteiger partial charge on any atom is 0.318 e. The molecule has 0 aliphatic carbocycles. The van der Waals surface area contributed by atoms with Gasteiger partial charge in [0.1, 0.15) is 22.0 Å². The fraction of sp³-hybridized carbons (Fsp3) is 0.125. The number of nitrogens with two attached hydrogens (primary N) is 1. The number of hydrogen-bond donors (Lipinski definition) is 2. The first kappa shape index (κ1) is 17.3. The van der Waals surface area contributed by atoms with Crippen molar-refractivity contribution in [3.05, 3.63) is 41.8 Å². The number of hydrogen-bond acceptors (Lipinski definition) is 6. The average Bonchev–Trinajstić information content (AvgIpc) is 3.00. The zero-order valence-corrected chi connectivity index (χ0v) is 14.7. The SMILES string of the molecule is C[C@@H](Sc1ncnc2scc(-c3ccc(F)cc3)c12)C(=O)NC(N)=O. The van der Waals surface area contributed by atoms with Crippen molar-refractivity contribution in [2.75, 3.05) is 0 Å². The number of primary amides is 1. The Labute approximate surface area is 150 Å². The second-order valence-electron chi connectivity index (χ2n) is 5.13. The molecule has 0 aliphatic heterocycles. The third-order valence-corrected chi connectivity index (χ3v) is 5.38. The molecule has 0 spiro atoms. The van der Waals surface area contributed by atoms with Gasteiger partial charge in [-0.05, 0) is 24.6 Å². The van der Waals surface area contributed by atoms with Crippen LogP contribution in [0.5, 0.6) is 0 Å². The Bertz CT molecular complexity index is 943. The molecule has 1 atom stereocenters. The van der Waals surface area contributed by atoms with Gasteiger partial charge in [-0.3, -0.25) is 10.1 Å². The van der Waals surface area contributed by atoms with Crippen LogP contribution in [0.3, 0.4) is 0 Å². The quantitative estimate of drug-likeness (QED) is 0.538. The van der Waals surface area contributed by atoms with Gasteiger partial charge in [0.05, 0.1) is 10.6 Å². The number of rotatable bonds is 4. The molecule has 0 aliphatic rings. The molecule has 0 unspecified atom stereocenters. The minimum Gasteiger partial charge on any atom is -0.351 e. The van der Waals surface area contributed by atoms with Gasteiger partial charge in [0, 0.05) is 10.9 Å². The minimum absolute atomic E-state index is 0.314. The second-order valence-corrected chi connectivity index (χ2v) is 7.32. The Kier molecular flexibility index (Phi) is 4.95. The lowest BCUT2D eigenvalue weighted by Crippen LogP contribution is -2.39. The van der Waals surface area contributed by atoms with Crippen molar-refractivity contribution in [1.82, 2.24) is 15.3 Å². The van der Waals surface area contributed by atoms with Crippen LogP contribution < -0.4 is 11.1 Å². The summed E-state index contributed by atoms with van der Waals surface area (Å²) in [4.78, 5) is 32.0. The zero-order valence-electron chi connectivity index (χ0n) is 13.0. The summed E-state index contributed by atoms with van der Waals surface area (Å²) in [6, 6.07) is 5.24. The van der Waals surface area contributed by atoms with Crippen LogP contribution in [0.15, 0.2) is 41.0 Å². The number of fused-ring (bicyclic) bond motifs is 1. The number of urea groups is 1. The lowest BCUT2D eigenvalue weighted by Gasteiger charge is -2.11. The predicted octanol–water partition coefficient (Wildman–Crippen LogP) is 3.17. The van der Waals surface area contributed by atoms with Crippen molar-refractivity contribution >= 4 is 45.3 Å². The Morgan fingerprint density at radius 1 is 1.28 bits per heavy atom. The Morgan fingerprint density at radius 2 is 2.00 bits per heavy atom. The van der Waals surface area contributed by atoms with Crippen LogP contribution in [0.2, 0.25) is 0 Å². The fourth-order valence-electron chi connectivity index (χ4n) is 2.22. The van der Waals surface area contributed by atoms with Gasteiger partial charge in [0.25, 0.3) is 0 Å². The van der Waals surface area contributed by atoms with E-state index in [1.54, 1.807) is 19.1 Å². The molecule has 9 heteroatoms. The molecule has 0 saturated heterocycles. The smallest absolute Gasteiger partial charge is 0.318 e. The van der Waals surface area contributed by atoms with Crippen molar-refractivity contribution in [2.45, 2.75) is 17.2 Å². The molecule has 0 fully saturated rings. The molecule has 3 N–H and O–H groups in total. The Morgan fingerprint density at radius 3 is 2.68 bits per heavy atom. The van der Waals surface area contributed by atoms with Crippen LogP contribution in [0.1, 0.15) is 6.92 Å². The molecule has 2 heterocycles. The van der Waals surface area contributed by atoms with Crippen LogP contribution >= 0.6 is 23.1 Å². The van der Waals surface area contributed by atoms with Gasteiger partial charge in [0.2, 0.25) is 5.91 Å². The third kappa shape index (κ3) is 3.77. The summed E-state index contributed by atoms with van der Waals surface area (Å²) in [5, 5.41) is 4.80. The van der Waals surface area contributed by atoms with Crippen molar-refractivity contribution in [1.29, 1.82) is 0 Å². The normalized spacial score (nSPS) is 12.1. The molecule has 0 bridgehead atoms. The second kappa shape index (κ2) is 7.16. The van der Waals surface area contributed by atoms with Gasteiger partial charge < -0.3 is 5.73 Å². The molecule has 0 radical (unpaired) electrons. The molecular weight excluding hydrogens is 363 g/mol. The largest absolute Gasteiger partial charge is 0.351 e. The summed E-state index contributed by atoms with van der Waals surface area (Å²) in [6.07, 6.45) is 1.42. The molecule has 3 amide bonds. The van der Waals surface area contributed by atoms with Crippen LogP contribution in [0.4, 0.5) is 9.18 Å². The van der Waals surface area contributed by atoms with E-state index in [-0.39, 0.29) is 5.82 Å². The summed E-state index contributed by atoms with van der Waals surface area (Å²) in [6.45, 7) is 1.65. The van der Waals surface area contributed by atoms with Crippen molar-refractivity contribution in [3.8, 4) is 11.1 Å². The summed E-state index contributed by atoms with van der Waals surface area (Å²) >= 11 is 2.64. The first-order valence-corrected chi connectivity index (χ1v) is 8.96. The maximum absolute atomic E-state index is 13.2. The number of carbonyl (C=O) groups is 2. The highest BCUT2D eigenvalue weighted by Crippen LogP contribution is 2.38. The Balaban J connectivity index is 1.98. The molecule has 25 heavy (non-hydrogen) atoms. The van der Waals surface area contributed by atoms with Gasteiger partial charge in [-0.2, -0.15) is 0 Å². The maximum atomic E-state index is 13.2. The zero-order chi connectivity index (χ0) is 18.0. The molecular formula is C16H13FN4O2S2. The standard InChI is InChI=1S/C16H13FN4O2S2/c1-8(13(22)21-16(18)23)25-15-12-11(6-24-14(12)19-7-20-15)9-2-4-10(17)5-3-9/h2-8H,1H3,(H3,18,21,22,23)/t8-/m1/s1. The topological polar surface area (TPSA) is 98.0 Å². The first-order valence-electron chi connectivity index (χ1n) is 7.21.